The second-order valence-electron chi connectivity index (χ2n) is 5.66. The predicted molar refractivity (Wildman–Crippen MR) is 75.5 cm³/mol. The van der Waals surface area contributed by atoms with Crippen molar-refractivity contribution in [2.24, 2.45) is 5.41 Å². The molecule has 104 valence electrons. The number of nitrogens with one attached hydrogen (secondary N) is 1. The monoisotopic (exact) mass is 273 g/mol. The molecule has 3 heteroatoms. The summed E-state index contributed by atoms with van der Waals surface area (Å²) in [5.74, 6) is -1.46. The molecule has 0 atom stereocenters. The van der Waals surface area contributed by atoms with E-state index in [-0.39, 0.29) is 5.41 Å². The minimum atomic E-state index is -0.760. The van der Waals surface area contributed by atoms with Crippen LogP contribution in [0.25, 0.3) is 0 Å². The summed E-state index contributed by atoms with van der Waals surface area (Å²) in [5.41, 5.74) is 1.71. The molecule has 1 nitrogen and oxygen atoms in total. The van der Waals surface area contributed by atoms with E-state index in [4.69, 9.17) is 0 Å². The van der Waals surface area contributed by atoms with E-state index in [0.29, 0.717) is 12.0 Å². The van der Waals surface area contributed by atoms with Crippen LogP contribution in [0.15, 0.2) is 48.5 Å². The van der Waals surface area contributed by atoms with Crippen molar-refractivity contribution in [3.05, 3.63) is 71.3 Å². The lowest BCUT2D eigenvalue weighted by Crippen LogP contribution is -2.56. The zero-order chi connectivity index (χ0) is 14.0. The molecule has 3 rings (SSSR count). The number of rotatable bonds is 4. The van der Waals surface area contributed by atoms with Crippen LogP contribution in [0.4, 0.5) is 8.78 Å². The van der Waals surface area contributed by atoms with Gasteiger partial charge in [-0.3, -0.25) is 0 Å². The first-order chi connectivity index (χ1) is 9.69. The molecule has 1 saturated heterocycles. The molecule has 1 aliphatic rings. The van der Waals surface area contributed by atoms with Gasteiger partial charge in [-0.1, -0.05) is 42.5 Å². The summed E-state index contributed by atoms with van der Waals surface area (Å²) in [6.07, 6.45) is 1.45. The van der Waals surface area contributed by atoms with E-state index in [1.807, 2.05) is 18.2 Å². The highest BCUT2D eigenvalue weighted by molar-refractivity contribution is 5.24. The average molecular weight is 273 g/mol. The van der Waals surface area contributed by atoms with Crippen molar-refractivity contribution >= 4 is 0 Å². The molecule has 0 aliphatic carbocycles. The molecule has 0 radical (unpaired) electrons. The zero-order valence-corrected chi connectivity index (χ0v) is 11.2. The molecule has 0 bridgehead atoms. The van der Waals surface area contributed by atoms with Crippen LogP contribution in [0.1, 0.15) is 11.1 Å². The van der Waals surface area contributed by atoms with Crippen LogP contribution in [0.3, 0.4) is 0 Å². The first-order valence-corrected chi connectivity index (χ1v) is 6.86. The van der Waals surface area contributed by atoms with Gasteiger partial charge in [0.2, 0.25) is 0 Å². The molecule has 20 heavy (non-hydrogen) atoms. The van der Waals surface area contributed by atoms with Crippen molar-refractivity contribution in [2.45, 2.75) is 12.8 Å². The summed E-state index contributed by atoms with van der Waals surface area (Å²) in [6, 6.07) is 14.6. The fraction of sp³-hybridized carbons (Fsp3) is 0.294. The molecular weight excluding hydrogens is 256 g/mol. The van der Waals surface area contributed by atoms with E-state index < -0.39 is 11.6 Å². The summed E-state index contributed by atoms with van der Waals surface area (Å²) < 4.78 is 27.1. The molecule has 0 amide bonds. The Morgan fingerprint density at radius 2 is 1.65 bits per heavy atom. The van der Waals surface area contributed by atoms with Crippen molar-refractivity contribution < 1.29 is 8.78 Å². The molecule has 2 aromatic carbocycles. The Balaban J connectivity index is 1.81. The van der Waals surface area contributed by atoms with Gasteiger partial charge >= 0.3 is 0 Å². The van der Waals surface area contributed by atoms with Gasteiger partial charge in [-0.2, -0.15) is 0 Å². The largest absolute Gasteiger partial charge is 0.315 e. The van der Waals surface area contributed by atoms with Crippen molar-refractivity contribution in [3.63, 3.8) is 0 Å². The van der Waals surface area contributed by atoms with Gasteiger partial charge in [-0.25, -0.2) is 8.78 Å². The average Bonchev–Trinajstić information content (AvgIpc) is 2.42. The Bertz CT molecular complexity index is 591. The molecule has 1 fully saturated rings. The van der Waals surface area contributed by atoms with Gasteiger partial charge in [-0.05, 0) is 30.0 Å². The highest BCUT2D eigenvalue weighted by atomic mass is 19.2. The molecule has 0 unspecified atom stereocenters. The number of halogens is 2. The van der Waals surface area contributed by atoms with Crippen LogP contribution < -0.4 is 5.32 Å². The molecule has 0 aromatic heterocycles. The summed E-state index contributed by atoms with van der Waals surface area (Å²) in [4.78, 5) is 0. The number of hydrogen-bond donors (Lipinski definition) is 1. The Hall–Kier alpha value is -1.74. The topological polar surface area (TPSA) is 12.0 Å². The Labute approximate surface area is 117 Å². The molecule has 1 N–H and O–H groups in total. The second kappa shape index (κ2) is 5.33. The molecular formula is C17H17F2N. The van der Waals surface area contributed by atoms with Gasteiger partial charge in [0, 0.05) is 18.5 Å². The molecule has 1 aliphatic heterocycles. The van der Waals surface area contributed by atoms with E-state index in [1.54, 1.807) is 12.1 Å². The van der Waals surface area contributed by atoms with E-state index in [1.165, 1.54) is 11.6 Å². The van der Waals surface area contributed by atoms with Gasteiger partial charge < -0.3 is 5.32 Å². The Morgan fingerprint density at radius 1 is 0.900 bits per heavy atom. The van der Waals surface area contributed by atoms with Crippen LogP contribution in [0.5, 0.6) is 0 Å². The summed E-state index contributed by atoms with van der Waals surface area (Å²) in [5, 5.41) is 3.26. The Morgan fingerprint density at radius 3 is 2.30 bits per heavy atom. The first-order valence-electron chi connectivity index (χ1n) is 6.86. The van der Waals surface area contributed by atoms with Crippen LogP contribution >= 0.6 is 0 Å². The van der Waals surface area contributed by atoms with Gasteiger partial charge in [-0.15, -0.1) is 0 Å². The Kier molecular flexibility index (Phi) is 3.53. The van der Waals surface area contributed by atoms with Gasteiger partial charge in [0.05, 0.1) is 0 Å². The third kappa shape index (κ3) is 2.59. The van der Waals surface area contributed by atoms with Crippen LogP contribution in [0, 0.1) is 17.0 Å². The standard InChI is InChI=1S/C17H17F2N/c18-15-8-4-7-14(16(15)19)10-17(11-20-12-17)9-13-5-2-1-3-6-13/h1-8,20H,9-12H2. The number of benzene rings is 2. The van der Waals surface area contributed by atoms with Crippen LogP contribution in [-0.4, -0.2) is 13.1 Å². The summed E-state index contributed by atoms with van der Waals surface area (Å²) in [6.45, 7) is 1.69. The third-order valence-corrected chi connectivity index (χ3v) is 4.02. The van der Waals surface area contributed by atoms with E-state index in [2.05, 4.69) is 17.4 Å². The lowest BCUT2D eigenvalue weighted by molar-refractivity contribution is 0.164. The smallest absolute Gasteiger partial charge is 0.162 e. The normalized spacial score (nSPS) is 16.7. The van der Waals surface area contributed by atoms with Gasteiger partial charge in [0.25, 0.3) is 0 Å². The van der Waals surface area contributed by atoms with Crippen molar-refractivity contribution in [1.29, 1.82) is 0 Å². The maximum atomic E-state index is 13.8. The number of hydrogen-bond acceptors (Lipinski definition) is 1. The minimum absolute atomic E-state index is 0.00398. The van der Waals surface area contributed by atoms with E-state index in [0.717, 1.165) is 19.5 Å². The SMILES string of the molecule is Fc1cccc(CC2(Cc3ccccc3)CNC2)c1F. The van der Waals surface area contributed by atoms with Crippen molar-refractivity contribution in [3.8, 4) is 0 Å². The second-order valence-corrected chi connectivity index (χ2v) is 5.66. The van der Waals surface area contributed by atoms with Crippen LogP contribution in [0.2, 0.25) is 0 Å². The van der Waals surface area contributed by atoms with E-state index in [9.17, 15) is 8.78 Å². The lowest BCUT2D eigenvalue weighted by Gasteiger charge is -2.43. The zero-order valence-electron chi connectivity index (χ0n) is 11.2. The fourth-order valence-electron chi connectivity index (χ4n) is 2.91. The fourth-order valence-corrected chi connectivity index (χ4v) is 2.91. The highest BCUT2D eigenvalue weighted by Gasteiger charge is 2.37. The maximum Gasteiger partial charge on any atom is 0.162 e. The van der Waals surface area contributed by atoms with Gasteiger partial charge in [0.15, 0.2) is 11.6 Å². The molecule has 0 saturated carbocycles. The third-order valence-electron chi connectivity index (χ3n) is 4.02. The first kappa shape index (κ1) is 13.3. The van der Waals surface area contributed by atoms with Crippen LogP contribution in [-0.2, 0) is 12.8 Å². The maximum absolute atomic E-state index is 13.8. The van der Waals surface area contributed by atoms with Crippen molar-refractivity contribution in [1.82, 2.24) is 5.32 Å². The molecule has 1 heterocycles. The minimum Gasteiger partial charge on any atom is -0.315 e. The quantitative estimate of drug-likeness (QED) is 0.901. The lowest BCUT2D eigenvalue weighted by atomic mass is 9.72. The highest BCUT2D eigenvalue weighted by Crippen LogP contribution is 2.33. The summed E-state index contributed by atoms with van der Waals surface area (Å²) >= 11 is 0. The van der Waals surface area contributed by atoms with Crippen molar-refractivity contribution in [2.75, 3.05) is 13.1 Å². The predicted octanol–water partition coefficient (Wildman–Crippen LogP) is 3.34. The summed E-state index contributed by atoms with van der Waals surface area (Å²) in [7, 11) is 0. The van der Waals surface area contributed by atoms with Gasteiger partial charge in [0.1, 0.15) is 0 Å². The van der Waals surface area contributed by atoms with E-state index >= 15 is 0 Å². The molecule has 2 aromatic rings. The molecule has 0 spiro atoms.